The molecule has 140 valence electrons. The van der Waals surface area contributed by atoms with E-state index in [9.17, 15) is 9.59 Å². The van der Waals surface area contributed by atoms with Gasteiger partial charge in [0.1, 0.15) is 11.5 Å². The largest absolute Gasteiger partial charge is 0.457 e. The number of hydrogen-bond acceptors (Lipinski definition) is 4. The Balaban J connectivity index is 1.63. The van der Waals surface area contributed by atoms with Crippen LogP contribution in [0.5, 0.6) is 0 Å². The van der Waals surface area contributed by atoms with Crippen LogP contribution in [0.4, 0.5) is 10.5 Å². The van der Waals surface area contributed by atoms with Crippen molar-refractivity contribution in [3.63, 3.8) is 0 Å². The molecule has 4 rings (SSSR count). The number of carbonyl (C=O) groups excluding carboxylic acids is 2. The molecule has 28 heavy (non-hydrogen) atoms. The van der Waals surface area contributed by atoms with Crippen molar-refractivity contribution in [1.29, 1.82) is 0 Å². The lowest BCUT2D eigenvalue weighted by Gasteiger charge is -2.12. The number of amides is 2. The van der Waals surface area contributed by atoms with Crippen molar-refractivity contribution in [2.24, 2.45) is 0 Å². The van der Waals surface area contributed by atoms with Gasteiger partial charge in [0.05, 0.1) is 25.7 Å². The summed E-state index contributed by atoms with van der Waals surface area (Å²) in [6.07, 6.45) is 1.53. The van der Waals surface area contributed by atoms with E-state index in [2.05, 4.69) is 0 Å². The standard InChI is InChI=1S/C20H10Cl3NO3S/c21-14-4-2-1-3-13(14)17-8-6-12(27-17)10-18-19(25)24(20(26)28-18)11-5-7-15(22)16(23)9-11/h1-10H/b18-10+. The van der Waals surface area contributed by atoms with Crippen molar-refractivity contribution in [2.75, 3.05) is 4.90 Å². The fourth-order valence-corrected chi connectivity index (χ4v) is 4.02. The molecule has 0 N–H and O–H groups in total. The van der Waals surface area contributed by atoms with Gasteiger partial charge in [-0.3, -0.25) is 9.59 Å². The minimum Gasteiger partial charge on any atom is -0.457 e. The predicted octanol–water partition coefficient (Wildman–Crippen LogP) is 7.15. The predicted molar refractivity (Wildman–Crippen MR) is 114 cm³/mol. The van der Waals surface area contributed by atoms with Crippen LogP contribution < -0.4 is 4.90 Å². The summed E-state index contributed by atoms with van der Waals surface area (Å²) in [7, 11) is 0. The van der Waals surface area contributed by atoms with Crippen molar-refractivity contribution in [3.05, 3.63) is 80.3 Å². The third-order valence-corrected chi connectivity index (χ3v) is 5.93. The van der Waals surface area contributed by atoms with E-state index in [-0.39, 0.29) is 9.93 Å². The normalized spacial score (nSPS) is 15.7. The molecule has 1 saturated heterocycles. The van der Waals surface area contributed by atoms with Crippen molar-refractivity contribution in [2.45, 2.75) is 0 Å². The zero-order valence-corrected chi connectivity index (χ0v) is 17.1. The second-order valence-electron chi connectivity index (χ2n) is 5.80. The van der Waals surface area contributed by atoms with E-state index in [1.54, 1.807) is 24.3 Å². The summed E-state index contributed by atoms with van der Waals surface area (Å²) < 4.78 is 5.78. The lowest BCUT2D eigenvalue weighted by Crippen LogP contribution is -2.27. The van der Waals surface area contributed by atoms with Gasteiger partial charge in [0.2, 0.25) is 0 Å². The molecule has 3 aromatic rings. The molecule has 0 unspecified atom stereocenters. The maximum Gasteiger partial charge on any atom is 0.298 e. The average Bonchev–Trinajstić information content (AvgIpc) is 3.23. The highest BCUT2D eigenvalue weighted by Gasteiger charge is 2.36. The monoisotopic (exact) mass is 449 g/mol. The van der Waals surface area contributed by atoms with Crippen molar-refractivity contribution < 1.29 is 14.0 Å². The van der Waals surface area contributed by atoms with Crippen LogP contribution in [0.3, 0.4) is 0 Å². The molecule has 1 aromatic heterocycles. The summed E-state index contributed by atoms with van der Waals surface area (Å²) in [5.74, 6) is 0.555. The molecule has 8 heteroatoms. The van der Waals surface area contributed by atoms with Gasteiger partial charge in [0.15, 0.2) is 0 Å². The van der Waals surface area contributed by atoms with Gasteiger partial charge in [-0.05, 0) is 54.2 Å². The van der Waals surface area contributed by atoms with Crippen LogP contribution in [-0.2, 0) is 4.79 Å². The van der Waals surface area contributed by atoms with Gasteiger partial charge >= 0.3 is 0 Å². The molecule has 4 nitrogen and oxygen atoms in total. The number of benzene rings is 2. The Hall–Kier alpha value is -2.18. The maximum atomic E-state index is 12.7. The Morgan fingerprint density at radius 1 is 0.893 bits per heavy atom. The molecule has 0 aliphatic carbocycles. The number of furan rings is 1. The molecule has 0 spiro atoms. The van der Waals surface area contributed by atoms with Crippen LogP contribution in [0.15, 0.2) is 63.9 Å². The van der Waals surface area contributed by atoms with Gasteiger partial charge in [0.25, 0.3) is 11.1 Å². The average molecular weight is 451 g/mol. The number of nitrogens with zero attached hydrogens (tertiary/aromatic N) is 1. The van der Waals surface area contributed by atoms with Crippen LogP contribution in [0, 0.1) is 0 Å². The topological polar surface area (TPSA) is 50.5 Å². The summed E-state index contributed by atoms with van der Waals surface area (Å²) in [6.45, 7) is 0. The number of carbonyl (C=O) groups is 2. The van der Waals surface area contributed by atoms with Gasteiger partial charge in [-0.15, -0.1) is 0 Å². The van der Waals surface area contributed by atoms with Gasteiger partial charge in [-0.25, -0.2) is 4.90 Å². The highest BCUT2D eigenvalue weighted by molar-refractivity contribution is 8.19. The number of hydrogen-bond donors (Lipinski definition) is 0. The number of imide groups is 1. The van der Waals surface area contributed by atoms with Gasteiger partial charge < -0.3 is 4.42 Å². The van der Waals surface area contributed by atoms with E-state index in [1.165, 1.54) is 18.2 Å². The molecular weight excluding hydrogens is 441 g/mol. The molecule has 0 atom stereocenters. The van der Waals surface area contributed by atoms with Crippen LogP contribution in [0.2, 0.25) is 15.1 Å². The lowest BCUT2D eigenvalue weighted by atomic mass is 10.2. The maximum absolute atomic E-state index is 12.7. The van der Waals surface area contributed by atoms with Crippen molar-refractivity contribution in [1.82, 2.24) is 0 Å². The first-order valence-electron chi connectivity index (χ1n) is 8.02. The molecule has 2 heterocycles. The van der Waals surface area contributed by atoms with E-state index in [0.29, 0.717) is 27.3 Å². The first-order valence-corrected chi connectivity index (χ1v) is 9.97. The SMILES string of the molecule is O=C1S/C(=C/c2ccc(-c3ccccc3Cl)o2)C(=O)N1c1ccc(Cl)c(Cl)c1. The third-order valence-electron chi connectivity index (χ3n) is 3.99. The second-order valence-corrected chi connectivity index (χ2v) is 8.01. The minimum absolute atomic E-state index is 0.246. The highest BCUT2D eigenvalue weighted by Crippen LogP contribution is 2.38. The summed E-state index contributed by atoms with van der Waals surface area (Å²) in [4.78, 5) is 26.4. The molecule has 1 aliphatic heterocycles. The van der Waals surface area contributed by atoms with Crippen LogP contribution in [0.25, 0.3) is 17.4 Å². The van der Waals surface area contributed by atoms with Gasteiger partial charge in [-0.2, -0.15) is 0 Å². The Bertz CT molecular complexity index is 1140. The van der Waals surface area contributed by atoms with E-state index in [4.69, 9.17) is 39.2 Å². The molecular formula is C20H10Cl3NO3S. The van der Waals surface area contributed by atoms with Crippen LogP contribution in [0.1, 0.15) is 5.76 Å². The van der Waals surface area contributed by atoms with E-state index >= 15 is 0 Å². The van der Waals surface area contributed by atoms with E-state index in [0.717, 1.165) is 22.2 Å². The summed E-state index contributed by atoms with van der Waals surface area (Å²) in [5.41, 5.74) is 1.10. The molecule has 1 fully saturated rings. The van der Waals surface area contributed by atoms with E-state index < -0.39 is 11.1 Å². The van der Waals surface area contributed by atoms with Gasteiger partial charge in [0, 0.05) is 11.6 Å². The molecule has 0 radical (unpaired) electrons. The zero-order chi connectivity index (χ0) is 19.8. The summed E-state index contributed by atoms with van der Waals surface area (Å²) in [6, 6.07) is 15.3. The van der Waals surface area contributed by atoms with Crippen molar-refractivity contribution in [3.8, 4) is 11.3 Å². The molecule has 2 amide bonds. The number of thioether (sulfide) groups is 1. The fourth-order valence-electron chi connectivity index (χ4n) is 2.68. The Morgan fingerprint density at radius 3 is 2.43 bits per heavy atom. The Morgan fingerprint density at radius 2 is 1.68 bits per heavy atom. The molecule has 2 aromatic carbocycles. The Kier molecular flexibility index (Phi) is 5.25. The number of rotatable bonds is 3. The molecule has 0 saturated carbocycles. The zero-order valence-electron chi connectivity index (χ0n) is 14.0. The Labute approximate surface area is 179 Å². The first-order chi connectivity index (χ1) is 13.4. The first kappa shape index (κ1) is 19.2. The van der Waals surface area contributed by atoms with Crippen molar-refractivity contribution >= 4 is 69.5 Å². The molecule has 0 bridgehead atoms. The second kappa shape index (κ2) is 7.68. The van der Waals surface area contributed by atoms with Crippen LogP contribution >= 0.6 is 46.6 Å². The smallest absolute Gasteiger partial charge is 0.298 e. The van der Waals surface area contributed by atoms with E-state index in [1.807, 2.05) is 18.2 Å². The quantitative estimate of drug-likeness (QED) is 0.398. The fraction of sp³-hybridized carbons (Fsp3) is 0. The summed E-state index contributed by atoms with van der Waals surface area (Å²) >= 11 is 18.9. The van der Waals surface area contributed by atoms with Gasteiger partial charge in [-0.1, -0.05) is 46.9 Å². The minimum atomic E-state index is -0.455. The third kappa shape index (κ3) is 3.59. The summed E-state index contributed by atoms with van der Waals surface area (Å²) in [5, 5.41) is 0.740. The number of anilines is 1. The van der Waals surface area contributed by atoms with Crippen LogP contribution in [-0.4, -0.2) is 11.1 Å². The highest BCUT2D eigenvalue weighted by atomic mass is 35.5. The number of halogens is 3. The molecule has 1 aliphatic rings. The lowest BCUT2D eigenvalue weighted by molar-refractivity contribution is -0.113.